The van der Waals surface area contributed by atoms with E-state index in [0.29, 0.717) is 5.82 Å². The fraction of sp³-hybridized carbons (Fsp3) is 0. The molecule has 13 rings (SSSR count). The molecule has 0 unspecified atom stereocenters. The minimum Gasteiger partial charge on any atom is -0.309 e. The molecule has 13 aromatic rings. The molecule has 0 bridgehead atoms. The molecule has 67 heavy (non-hydrogen) atoms. The zero-order chi connectivity index (χ0) is 44.3. The first-order chi connectivity index (χ1) is 33.2. The van der Waals surface area contributed by atoms with Crippen molar-refractivity contribution < 1.29 is 0 Å². The maximum absolute atomic E-state index is 5.24. The number of hydrogen-bond donors (Lipinski definition) is 0. The number of benzene rings is 11. The van der Waals surface area contributed by atoms with Crippen molar-refractivity contribution in [3.63, 3.8) is 0 Å². The highest BCUT2D eigenvalue weighted by molar-refractivity contribution is 6.28. The molecular formula is C64H41N3. The second kappa shape index (κ2) is 16.0. The summed E-state index contributed by atoms with van der Waals surface area (Å²) in [5, 5.41) is 9.94. The third kappa shape index (κ3) is 6.59. The lowest BCUT2D eigenvalue weighted by molar-refractivity contribution is 1.18. The summed E-state index contributed by atoms with van der Waals surface area (Å²) < 4.78 is 2.37. The van der Waals surface area contributed by atoms with Crippen LogP contribution in [0.25, 0.3) is 127 Å². The monoisotopic (exact) mass is 851 g/mol. The minimum atomic E-state index is 0.691. The van der Waals surface area contributed by atoms with Crippen molar-refractivity contribution in [1.82, 2.24) is 14.5 Å². The molecule has 0 aliphatic carbocycles. The molecule has 11 aromatic carbocycles. The van der Waals surface area contributed by atoms with Gasteiger partial charge in [-0.2, -0.15) is 0 Å². The Morgan fingerprint density at radius 1 is 0.269 bits per heavy atom. The summed E-state index contributed by atoms with van der Waals surface area (Å²) in [5.41, 5.74) is 15.4. The zero-order valence-corrected chi connectivity index (χ0v) is 36.5. The Hall–Kier alpha value is -8.92. The molecule has 0 amide bonds. The third-order valence-corrected chi connectivity index (χ3v) is 13.4. The van der Waals surface area contributed by atoms with Crippen LogP contribution in [0.3, 0.4) is 0 Å². The molecule has 0 saturated heterocycles. The van der Waals surface area contributed by atoms with Crippen LogP contribution in [0.1, 0.15) is 0 Å². The Morgan fingerprint density at radius 2 is 0.776 bits per heavy atom. The molecule has 3 heteroatoms. The Morgan fingerprint density at radius 3 is 1.54 bits per heavy atom. The van der Waals surface area contributed by atoms with Gasteiger partial charge in [0.25, 0.3) is 0 Å². The Balaban J connectivity index is 0.942. The number of para-hydroxylation sites is 2. The minimum absolute atomic E-state index is 0.691. The van der Waals surface area contributed by atoms with Gasteiger partial charge in [-0.05, 0) is 102 Å². The van der Waals surface area contributed by atoms with Crippen LogP contribution in [0.4, 0.5) is 0 Å². The van der Waals surface area contributed by atoms with Gasteiger partial charge in [0, 0.05) is 33.2 Å². The number of rotatable bonds is 7. The number of nitrogens with zero attached hydrogens (tertiary/aromatic N) is 3. The van der Waals surface area contributed by atoms with Crippen LogP contribution in [0.2, 0.25) is 0 Å². The summed E-state index contributed by atoms with van der Waals surface area (Å²) in [4.78, 5) is 10.5. The van der Waals surface area contributed by atoms with E-state index in [2.05, 4.69) is 235 Å². The Bertz CT molecular complexity index is 4000. The van der Waals surface area contributed by atoms with Crippen molar-refractivity contribution >= 4 is 54.1 Å². The molecule has 3 nitrogen and oxygen atoms in total. The molecule has 0 saturated carbocycles. The lowest BCUT2D eigenvalue weighted by atomic mass is 9.84. The molecule has 0 N–H and O–H groups in total. The number of aromatic nitrogens is 3. The van der Waals surface area contributed by atoms with Crippen molar-refractivity contribution in [1.29, 1.82) is 0 Å². The van der Waals surface area contributed by atoms with Gasteiger partial charge in [-0.1, -0.05) is 212 Å². The maximum atomic E-state index is 5.24. The topological polar surface area (TPSA) is 30.7 Å². The van der Waals surface area contributed by atoms with Gasteiger partial charge >= 0.3 is 0 Å². The number of fused-ring (bicyclic) bond motifs is 7. The van der Waals surface area contributed by atoms with Crippen LogP contribution in [-0.4, -0.2) is 14.5 Å². The first-order valence-electron chi connectivity index (χ1n) is 22.9. The molecule has 2 heterocycles. The predicted octanol–water partition coefficient (Wildman–Crippen LogP) is 17.0. The summed E-state index contributed by atoms with van der Waals surface area (Å²) in [6, 6.07) is 89.4. The normalized spacial score (nSPS) is 11.6. The van der Waals surface area contributed by atoms with Gasteiger partial charge in [0.2, 0.25) is 0 Å². The first kappa shape index (κ1) is 38.5. The van der Waals surface area contributed by atoms with E-state index in [1.807, 2.05) is 18.2 Å². The van der Waals surface area contributed by atoms with Crippen molar-refractivity contribution in [2.45, 2.75) is 0 Å². The van der Waals surface area contributed by atoms with E-state index >= 15 is 0 Å². The van der Waals surface area contributed by atoms with Crippen LogP contribution in [0.15, 0.2) is 249 Å². The van der Waals surface area contributed by atoms with Crippen LogP contribution < -0.4 is 0 Å². The van der Waals surface area contributed by atoms with E-state index < -0.39 is 0 Å². The highest BCUT2D eigenvalue weighted by Gasteiger charge is 2.20. The molecule has 2 aromatic heterocycles. The van der Waals surface area contributed by atoms with E-state index in [4.69, 9.17) is 9.97 Å². The molecule has 0 atom stereocenters. The molecule has 0 aliphatic rings. The Kier molecular flexibility index (Phi) is 9.17. The second-order valence-corrected chi connectivity index (χ2v) is 17.3. The van der Waals surface area contributed by atoms with E-state index in [1.54, 1.807) is 0 Å². The van der Waals surface area contributed by atoms with E-state index in [-0.39, 0.29) is 0 Å². The smallest absolute Gasteiger partial charge is 0.160 e. The van der Waals surface area contributed by atoms with E-state index in [0.717, 1.165) is 50.5 Å². The summed E-state index contributed by atoms with van der Waals surface area (Å²) in [7, 11) is 0. The van der Waals surface area contributed by atoms with Crippen molar-refractivity contribution in [2.24, 2.45) is 0 Å². The quantitative estimate of drug-likeness (QED) is 0.118. The molecule has 0 spiro atoms. The molecule has 312 valence electrons. The average molecular weight is 852 g/mol. The fourth-order valence-corrected chi connectivity index (χ4v) is 10.3. The van der Waals surface area contributed by atoms with Crippen LogP contribution in [-0.2, 0) is 0 Å². The second-order valence-electron chi connectivity index (χ2n) is 17.3. The summed E-state index contributed by atoms with van der Waals surface area (Å²) in [6.45, 7) is 0. The highest BCUT2D eigenvalue weighted by Crippen LogP contribution is 2.46. The number of hydrogen-bond acceptors (Lipinski definition) is 2. The van der Waals surface area contributed by atoms with Gasteiger partial charge < -0.3 is 4.57 Å². The van der Waals surface area contributed by atoms with Crippen molar-refractivity contribution in [2.75, 3.05) is 0 Å². The zero-order valence-electron chi connectivity index (χ0n) is 36.5. The summed E-state index contributed by atoms with van der Waals surface area (Å²) in [5.74, 6) is 0.691. The maximum Gasteiger partial charge on any atom is 0.160 e. The van der Waals surface area contributed by atoms with Gasteiger partial charge in [0.05, 0.1) is 22.4 Å². The predicted molar refractivity (Wildman–Crippen MR) is 282 cm³/mol. The third-order valence-electron chi connectivity index (χ3n) is 13.4. The van der Waals surface area contributed by atoms with Gasteiger partial charge in [-0.3, -0.25) is 0 Å². The molecular weight excluding hydrogens is 811 g/mol. The van der Waals surface area contributed by atoms with E-state index in [9.17, 15) is 0 Å². The fourth-order valence-electron chi connectivity index (χ4n) is 10.3. The van der Waals surface area contributed by atoms with Gasteiger partial charge in [-0.15, -0.1) is 0 Å². The van der Waals surface area contributed by atoms with Crippen molar-refractivity contribution in [3.8, 4) is 73.0 Å². The molecule has 0 fully saturated rings. The average Bonchev–Trinajstić information content (AvgIpc) is 3.74. The summed E-state index contributed by atoms with van der Waals surface area (Å²) >= 11 is 0. The first-order valence-corrected chi connectivity index (χ1v) is 22.9. The van der Waals surface area contributed by atoms with Crippen LogP contribution >= 0.6 is 0 Å². The van der Waals surface area contributed by atoms with Gasteiger partial charge in [0.15, 0.2) is 5.82 Å². The summed E-state index contributed by atoms with van der Waals surface area (Å²) in [6.07, 6.45) is 0. The lowest BCUT2D eigenvalue weighted by Gasteiger charge is -2.19. The van der Waals surface area contributed by atoms with Crippen LogP contribution in [0.5, 0.6) is 0 Å². The van der Waals surface area contributed by atoms with Crippen molar-refractivity contribution in [3.05, 3.63) is 249 Å². The van der Waals surface area contributed by atoms with Gasteiger partial charge in [-0.25, -0.2) is 9.97 Å². The molecule has 0 aliphatic heterocycles. The van der Waals surface area contributed by atoms with E-state index in [1.165, 1.54) is 70.8 Å². The van der Waals surface area contributed by atoms with Gasteiger partial charge in [0.1, 0.15) is 0 Å². The Labute approximate surface area is 388 Å². The standard InChI is InChI=1S/C64H41N3/c1-4-18-44(19-5-1)62-55-29-13-12-28-54(55)61(56-38-35-42-17-10-11-26-51(42)63(56)62)45-33-31-43(32-34-45)57-41-58(66-64(65-57)46-20-6-2-7-21-46)49-23-16-22-47(39-49)48-36-37-53-52-27-14-15-30-59(52)67(60(53)40-48)50-24-8-3-9-25-50/h1-41H. The molecule has 0 radical (unpaired) electrons. The highest BCUT2D eigenvalue weighted by atomic mass is 15.0. The SMILES string of the molecule is c1ccc(-c2nc(-c3ccc(-c4c5ccccc5c(-c5ccccc5)c5c4ccc4ccccc45)cc3)cc(-c3cccc(-c4ccc5c6ccccc6n(-c6ccccc6)c5c4)c3)n2)cc1. The lowest BCUT2D eigenvalue weighted by Crippen LogP contribution is -1.96. The van der Waals surface area contributed by atoms with Crippen LogP contribution in [0, 0.1) is 0 Å². The largest absolute Gasteiger partial charge is 0.309 e.